The molecule has 0 saturated heterocycles. The summed E-state index contributed by atoms with van der Waals surface area (Å²) in [4.78, 5) is 43.7. The zero-order chi connectivity index (χ0) is 32.2. The molecular weight excluding hydrogens is 578 g/mol. The summed E-state index contributed by atoms with van der Waals surface area (Å²) < 4.78 is 12.8. The van der Waals surface area contributed by atoms with Crippen LogP contribution in [-0.4, -0.2) is 85.5 Å². The Morgan fingerprint density at radius 1 is 1.18 bits per heavy atom. The monoisotopic (exact) mass is 617 g/mol. The average Bonchev–Trinajstić information content (AvgIpc) is 3.81. The molecule has 1 N–H and O–H groups in total. The number of nitro benzene ring substituents is 1. The smallest absolute Gasteiger partial charge is 0.341 e. The van der Waals surface area contributed by atoms with E-state index in [4.69, 9.17) is 19.3 Å². The first-order valence-corrected chi connectivity index (χ1v) is 14.9. The van der Waals surface area contributed by atoms with E-state index < -0.39 is 10.9 Å². The number of para-hydroxylation sites is 1. The van der Waals surface area contributed by atoms with Gasteiger partial charge in [0.2, 0.25) is 5.95 Å². The number of nitrogens with zero attached hydrogens (tertiary/aromatic N) is 6. The van der Waals surface area contributed by atoms with Gasteiger partial charge < -0.3 is 29.4 Å². The fourth-order valence-electron chi connectivity index (χ4n) is 5.27. The van der Waals surface area contributed by atoms with Crippen molar-refractivity contribution in [2.75, 3.05) is 65.3 Å². The van der Waals surface area contributed by atoms with E-state index in [9.17, 15) is 14.9 Å². The Morgan fingerprint density at radius 3 is 2.60 bits per heavy atom. The molecule has 2 heterocycles. The average molecular weight is 618 g/mol. The molecule has 0 unspecified atom stereocenters. The van der Waals surface area contributed by atoms with E-state index in [2.05, 4.69) is 16.4 Å². The van der Waals surface area contributed by atoms with Crippen molar-refractivity contribution in [3.05, 3.63) is 64.0 Å². The number of benzene rings is 2. The van der Waals surface area contributed by atoms with Gasteiger partial charge in [-0.15, -0.1) is 0 Å². The molecule has 1 aliphatic carbocycles. The number of fused-ring (bicyclic) bond motifs is 1. The molecule has 0 radical (unpaired) electrons. The van der Waals surface area contributed by atoms with Crippen molar-refractivity contribution in [3.63, 3.8) is 0 Å². The molecule has 0 bridgehead atoms. The van der Waals surface area contributed by atoms with Crippen LogP contribution in [0.3, 0.4) is 0 Å². The Hall–Kier alpha value is -4.91. The number of hydrogen-bond donors (Lipinski definition) is 1. The standard InChI is InChI=1S/C32H39N7O6/c1-7-15-45-31(40)23-18-33-32(34-25-16-27(39(41)42)26(17-28(25)43-5)37(4)14-13-36(2)3)35-29(23)24-19-38(44-6)30-21(20-11-12-20)9-8-10-22(24)30/h8-10,16-20H,7,11-15H2,1-6H3,(H,33,34,35). The molecule has 1 aliphatic rings. The molecule has 2 aromatic heterocycles. The number of ether oxygens (including phenoxy) is 2. The predicted octanol–water partition coefficient (Wildman–Crippen LogP) is 5.26. The maximum absolute atomic E-state index is 13.2. The van der Waals surface area contributed by atoms with Crippen LogP contribution in [0, 0.1) is 10.1 Å². The van der Waals surface area contributed by atoms with Gasteiger partial charge in [0.25, 0.3) is 5.69 Å². The van der Waals surface area contributed by atoms with E-state index in [1.165, 1.54) is 24.9 Å². The fraction of sp³-hybridized carbons (Fsp3) is 0.406. The van der Waals surface area contributed by atoms with Gasteiger partial charge >= 0.3 is 5.97 Å². The Bertz CT molecular complexity index is 1720. The van der Waals surface area contributed by atoms with Gasteiger partial charge in [-0.2, -0.15) is 4.73 Å². The lowest BCUT2D eigenvalue weighted by Crippen LogP contribution is -2.29. The van der Waals surface area contributed by atoms with Crippen LogP contribution in [0.25, 0.3) is 22.2 Å². The number of methoxy groups -OCH3 is 1. The quantitative estimate of drug-likeness (QED) is 0.113. The molecule has 238 valence electrons. The number of nitro groups is 1. The highest BCUT2D eigenvalue weighted by Gasteiger charge is 2.29. The number of nitrogens with one attached hydrogen (secondary N) is 1. The number of hydrogen-bond acceptors (Lipinski definition) is 11. The van der Waals surface area contributed by atoms with E-state index in [0.717, 1.165) is 23.7 Å². The van der Waals surface area contributed by atoms with E-state index in [1.54, 1.807) is 25.0 Å². The van der Waals surface area contributed by atoms with E-state index >= 15 is 0 Å². The SMILES string of the molecule is CCCOC(=O)c1cnc(Nc2cc([N+](=O)[O-])c(N(C)CCN(C)C)cc2OC)nc1-c1cn(OC)c2c(C3CC3)cccc12. The third-order valence-electron chi connectivity index (χ3n) is 7.77. The normalized spacial score (nSPS) is 12.8. The summed E-state index contributed by atoms with van der Waals surface area (Å²) in [7, 11) is 8.77. The molecule has 0 amide bonds. The topological polar surface area (TPSA) is 137 Å². The van der Waals surface area contributed by atoms with Crippen molar-refractivity contribution in [3.8, 4) is 17.0 Å². The molecule has 13 nitrogen and oxygen atoms in total. The highest BCUT2D eigenvalue weighted by molar-refractivity contribution is 6.03. The van der Waals surface area contributed by atoms with Crippen LogP contribution in [0.2, 0.25) is 0 Å². The fourth-order valence-corrected chi connectivity index (χ4v) is 5.27. The van der Waals surface area contributed by atoms with Gasteiger partial charge in [-0.05, 0) is 44.8 Å². The maximum atomic E-state index is 13.2. The highest BCUT2D eigenvalue weighted by Crippen LogP contribution is 2.45. The number of rotatable bonds is 14. The Labute approximate surface area is 261 Å². The van der Waals surface area contributed by atoms with Crippen LogP contribution in [-0.2, 0) is 4.74 Å². The molecule has 0 aliphatic heterocycles. The van der Waals surface area contributed by atoms with E-state index in [-0.39, 0.29) is 23.8 Å². The predicted molar refractivity (Wildman–Crippen MR) is 173 cm³/mol. The Kier molecular flexibility index (Phi) is 9.37. The summed E-state index contributed by atoms with van der Waals surface area (Å²) in [6.07, 6.45) is 6.10. The lowest BCUT2D eigenvalue weighted by atomic mass is 10.0. The van der Waals surface area contributed by atoms with Gasteiger partial charge in [-0.25, -0.2) is 14.8 Å². The number of carbonyl (C=O) groups excluding carboxylic acids is 1. The molecule has 2 aromatic carbocycles. The van der Waals surface area contributed by atoms with Crippen LogP contribution in [0.5, 0.6) is 5.75 Å². The second-order valence-electron chi connectivity index (χ2n) is 11.3. The van der Waals surface area contributed by atoms with Crippen LogP contribution in [0.15, 0.2) is 42.7 Å². The van der Waals surface area contributed by atoms with Crippen molar-refractivity contribution >= 4 is 39.9 Å². The summed E-state index contributed by atoms with van der Waals surface area (Å²) in [6.45, 7) is 3.45. The van der Waals surface area contributed by atoms with Crippen molar-refractivity contribution in [1.29, 1.82) is 0 Å². The van der Waals surface area contributed by atoms with Gasteiger partial charge in [0, 0.05) is 49.4 Å². The highest BCUT2D eigenvalue weighted by atomic mass is 16.6. The summed E-state index contributed by atoms with van der Waals surface area (Å²) in [5.74, 6) is 0.396. The first-order chi connectivity index (χ1) is 21.7. The number of aromatic nitrogens is 3. The van der Waals surface area contributed by atoms with Crippen LogP contribution >= 0.6 is 0 Å². The molecule has 1 fully saturated rings. The minimum atomic E-state index is -0.548. The van der Waals surface area contributed by atoms with Gasteiger partial charge in [0.15, 0.2) is 0 Å². The lowest BCUT2D eigenvalue weighted by molar-refractivity contribution is -0.384. The van der Waals surface area contributed by atoms with Gasteiger partial charge in [-0.3, -0.25) is 10.1 Å². The van der Waals surface area contributed by atoms with Gasteiger partial charge in [0.1, 0.15) is 24.1 Å². The number of anilines is 3. The molecule has 1 saturated carbocycles. The van der Waals surface area contributed by atoms with Crippen LogP contribution in [0.1, 0.15) is 48.0 Å². The zero-order valence-electron chi connectivity index (χ0n) is 26.5. The minimum absolute atomic E-state index is 0.102. The number of likely N-dealkylation sites (N-methyl/N-ethyl adjacent to an activating group) is 2. The third-order valence-corrected chi connectivity index (χ3v) is 7.77. The molecule has 13 heteroatoms. The zero-order valence-corrected chi connectivity index (χ0v) is 26.5. The number of esters is 1. The van der Waals surface area contributed by atoms with Crippen molar-refractivity contribution in [1.82, 2.24) is 19.6 Å². The molecule has 4 aromatic rings. The second kappa shape index (κ2) is 13.4. The van der Waals surface area contributed by atoms with Crippen molar-refractivity contribution < 1.29 is 24.0 Å². The van der Waals surface area contributed by atoms with E-state index in [0.29, 0.717) is 53.8 Å². The first-order valence-electron chi connectivity index (χ1n) is 14.9. The maximum Gasteiger partial charge on any atom is 0.341 e. The summed E-state index contributed by atoms with van der Waals surface area (Å²) in [5.41, 5.74) is 3.91. The minimum Gasteiger partial charge on any atom is -0.494 e. The van der Waals surface area contributed by atoms with Crippen LogP contribution < -0.4 is 19.8 Å². The third kappa shape index (κ3) is 6.63. The molecule has 45 heavy (non-hydrogen) atoms. The largest absolute Gasteiger partial charge is 0.494 e. The molecular formula is C32H39N7O6. The summed E-state index contributed by atoms with van der Waals surface area (Å²) in [6, 6.07) is 9.10. The van der Waals surface area contributed by atoms with Gasteiger partial charge in [-0.1, -0.05) is 25.1 Å². The van der Waals surface area contributed by atoms with Gasteiger partial charge in [0.05, 0.1) is 41.7 Å². The first kappa shape index (κ1) is 31.5. The number of carbonyl (C=O) groups is 1. The summed E-state index contributed by atoms with van der Waals surface area (Å²) in [5, 5.41) is 16.1. The van der Waals surface area contributed by atoms with Crippen molar-refractivity contribution in [2.24, 2.45) is 0 Å². The Morgan fingerprint density at radius 2 is 1.96 bits per heavy atom. The van der Waals surface area contributed by atoms with E-state index in [1.807, 2.05) is 49.1 Å². The molecule has 0 spiro atoms. The second-order valence-corrected chi connectivity index (χ2v) is 11.3. The summed E-state index contributed by atoms with van der Waals surface area (Å²) >= 11 is 0. The molecule has 0 atom stereocenters. The lowest BCUT2D eigenvalue weighted by Gasteiger charge is -2.22. The van der Waals surface area contributed by atoms with Crippen LogP contribution in [0.4, 0.5) is 23.0 Å². The Balaban J connectivity index is 1.61. The van der Waals surface area contributed by atoms with Crippen molar-refractivity contribution in [2.45, 2.75) is 32.1 Å². The molecule has 5 rings (SSSR count).